The summed E-state index contributed by atoms with van der Waals surface area (Å²) in [5.74, 6) is 1.10. The number of nitrogens with zero attached hydrogens (tertiary/aromatic N) is 5. The Hall–Kier alpha value is -2.28. The third-order valence-corrected chi connectivity index (χ3v) is 4.10. The van der Waals surface area contributed by atoms with E-state index in [0.29, 0.717) is 6.54 Å². The molecule has 7 nitrogen and oxygen atoms in total. The van der Waals surface area contributed by atoms with Crippen molar-refractivity contribution in [2.45, 2.75) is 19.4 Å². The normalized spacial score (nSPS) is 16.6. The number of nitrogens with one attached hydrogen (secondary N) is 1. The largest absolute Gasteiger partial charge is 0.359 e. The molecule has 7 heteroatoms. The molecule has 1 aliphatic rings. The Morgan fingerprint density at radius 3 is 2.68 bits per heavy atom. The predicted molar refractivity (Wildman–Crippen MR) is 81.2 cm³/mol. The molecule has 1 fully saturated rings. The van der Waals surface area contributed by atoms with Gasteiger partial charge in [-0.2, -0.15) is 4.68 Å². The van der Waals surface area contributed by atoms with Gasteiger partial charge in [0.25, 0.3) is 0 Å². The van der Waals surface area contributed by atoms with E-state index in [4.69, 9.17) is 0 Å². The van der Waals surface area contributed by atoms with Crippen molar-refractivity contribution in [3.63, 3.8) is 0 Å². The molecule has 1 saturated heterocycles. The third kappa shape index (κ3) is 3.14. The lowest BCUT2D eigenvalue weighted by atomic mass is 9.96. The monoisotopic (exact) mass is 300 g/mol. The quantitative estimate of drug-likeness (QED) is 0.896. The molecule has 1 aliphatic heterocycles. The summed E-state index contributed by atoms with van der Waals surface area (Å²) < 4.78 is 1.77. The molecule has 0 unspecified atom stereocenters. The number of tetrazole rings is 1. The molecular formula is C15H20N6O. The number of aromatic nitrogens is 4. The molecule has 0 bridgehead atoms. The highest BCUT2D eigenvalue weighted by atomic mass is 16.1. The van der Waals surface area contributed by atoms with Crippen LogP contribution in [-0.4, -0.2) is 51.2 Å². The number of piperidine rings is 1. The average Bonchev–Trinajstić information content (AvgIpc) is 3.04. The van der Waals surface area contributed by atoms with Gasteiger partial charge in [0.1, 0.15) is 0 Å². The molecule has 1 N–H and O–H groups in total. The molecule has 0 spiro atoms. The second kappa shape index (κ2) is 6.65. The number of carbonyl (C=O) groups is 1. The van der Waals surface area contributed by atoms with Gasteiger partial charge in [-0.25, -0.2) is 0 Å². The molecule has 0 saturated carbocycles. The summed E-state index contributed by atoms with van der Waals surface area (Å²) >= 11 is 0. The lowest BCUT2D eigenvalue weighted by molar-refractivity contribution is -0.125. The average molecular weight is 300 g/mol. The van der Waals surface area contributed by atoms with Gasteiger partial charge in [-0.15, -0.1) is 5.10 Å². The highest BCUT2D eigenvalue weighted by molar-refractivity contribution is 5.78. The van der Waals surface area contributed by atoms with E-state index < -0.39 is 0 Å². The number of likely N-dealkylation sites (tertiary alicyclic amines) is 1. The van der Waals surface area contributed by atoms with Crippen molar-refractivity contribution >= 4 is 5.91 Å². The second-order valence-electron chi connectivity index (χ2n) is 5.51. The van der Waals surface area contributed by atoms with Gasteiger partial charge in [0.2, 0.25) is 5.91 Å². The van der Waals surface area contributed by atoms with Crippen LogP contribution >= 0.6 is 0 Å². The van der Waals surface area contributed by atoms with Crippen LogP contribution in [0.25, 0.3) is 5.69 Å². The zero-order chi connectivity index (χ0) is 15.4. The highest BCUT2D eigenvalue weighted by Crippen LogP contribution is 2.19. The van der Waals surface area contributed by atoms with E-state index in [2.05, 4.69) is 25.7 Å². The van der Waals surface area contributed by atoms with Crippen LogP contribution in [0, 0.1) is 5.92 Å². The Morgan fingerprint density at radius 1 is 1.27 bits per heavy atom. The molecule has 0 radical (unpaired) electrons. The van der Waals surface area contributed by atoms with Gasteiger partial charge in [0, 0.05) is 13.0 Å². The van der Waals surface area contributed by atoms with Crippen LogP contribution in [0.3, 0.4) is 0 Å². The van der Waals surface area contributed by atoms with Crippen LogP contribution in [0.1, 0.15) is 18.7 Å². The van der Waals surface area contributed by atoms with Crippen LogP contribution in [-0.2, 0) is 11.3 Å². The SMILES string of the molecule is CNC(=O)C1CCN(Cc2nnnn2-c2ccccc2)CC1. The minimum Gasteiger partial charge on any atom is -0.359 e. The summed E-state index contributed by atoms with van der Waals surface area (Å²) in [6, 6.07) is 9.87. The molecule has 2 aromatic rings. The molecule has 1 amide bonds. The van der Waals surface area contributed by atoms with Crippen molar-refractivity contribution in [3.8, 4) is 5.69 Å². The van der Waals surface area contributed by atoms with E-state index in [1.165, 1.54) is 0 Å². The number of hydrogen-bond acceptors (Lipinski definition) is 5. The number of benzene rings is 1. The van der Waals surface area contributed by atoms with Crippen molar-refractivity contribution in [1.29, 1.82) is 0 Å². The molecule has 22 heavy (non-hydrogen) atoms. The molecule has 0 atom stereocenters. The topological polar surface area (TPSA) is 75.9 Å². The number of carbonyl (C=O) groups excluding carboxylic acids is 1. The summed E-state index contributed by atoms with van der Waals surface area (Å²) in [4.78, 5) is 14.0. The Bertz CT molecular complexity index is 618. The summed E-state index contributed by atoms with van der Waals surface area (Å²) in [6.07, 6.45) is 1.76. The Kier molecular flexibility index (Phi) is 4.43. The van der Waals surface area contributed by atoms with Gasteiger partial charge < -0.3 is 5.32 Å². The number of hydrogen-bond donors (Lipinski definition) is 1. The number of amides is 1. The van der Waals surface area contributed by atoms with Gasteiger partial charge in [-0.3, -0.25) is 9.69 Å². The first kappa shape index (κ1) is 14.6. The van der Waals surface area contributed by atoms with Gasteiger partial charge in [0.05, 0.1) is 12.2 Å². The number of para-hydroxylation sites is 1. The fourth-order valence-electron chi connectivity index (χ4n) is 2.83. The van der Waals surface area contributed by atoms with Gasteiger partial charge in [-0.1, -0.05) is 18.2 Å². The van der Waals surface area contributed by atoms with E-state index in [-0.39, 0.29) is 11.8 Å². The van der Waals surface area contributed by atoms with Gasteiger partial charge in [-0.05, 0) is 48.5 Å². The van der Waals surface area contributed by atoms with Crippen molar-refractivity contribution < 1.29 is 4.79 Å². The fourth-order valence-corrected chi connectivity index (χ4v) is 2.83. The number of rotatable bonds is 4. The van der Waals surface area contributed by atoms with E-state index in [1.54, 1.807) is 11.7 Å². The Labute approximate surface area is 129 Å². The highest BCUT2D eigenvalue weighted by Gasteiger charge is 2.25. The van der Waals surface area contributed by atoms with E-state index in [0.717, 1.165) is 37.4 Å². The fraction of sp³-hybridized carbons (Fsp3) is 0.467. The second-order valence-corrected chi connectivity index (χ2v) is 5.51. The molecule has 116 valence electrons. The van der Waals surface area contributed by atoms with Crippen molar-refractivity contribution in [1.82, 2.24) is 30.4 Å². The van der Waals surface area contributed by atoms with Crippen molar-refractivity contribution in [2.75, 3.05) is 20.1 Å². The predicted octanol–water partition coefficient (Wildman–Crippen LogP) is 0.620. The van der Waals surface area contributed by atoms with Crippen molar-refractivity contribution in [2.24, 2.45) is 5.92 Å². The molecule has 1 aromatic carbocycles. The van der Waals surface area contributed by atoms with Crippen LogP contribution in [0.5, 0.6) is 0 Å². The molecule has 0 aliphatic carbocycles. The zero-order valence-electron chi connectivity index (χ0n) is 12.6. The van der Waals surface area contributed by atoms with Gasteiger partial charge in [0.15, 0.2) is 5.82 Å². The maximum atomic E-state index is 11.7. The minimum absolute atomic E-state index is 0.131. The van der Waals surface area contributed by atoms with E-state index in [1.807, 2.05) is 30.3 Å². The molecule has 1 aromatic heterocycles. The van der Waals surface area contributed by atoms with E-state index in [9.17, 15) is 4.79 Å². The standard InChI is InChI=1S/C15H20N6O/c1-16-15(22)12-7-9-20(10-8-12)11-14-17-18-19-21(14)13-5-3-2-4-6-13/h2-6,12H,7-11H2,1H3,(H,16,22). The zero-order valence-corrected chi connectivity index (χ0v) is 12.6. The summed E-state index contributed by atoms with van der Waals surface area (Å²) in [5.41, 5.74) is 0.961. The molecule has 3 rings (SSSR count). The summed E-state index contributed by atoms with van der Waals surface area (Å²) in [6.45, 7) is 2.47. The maximum absolute atomic E-state index is 11.7. The minimum atomic E-state index is 0.131. The smallest absolute Gasteiger partial charge is 0.222 e. The molecule has 2 heterocycles. The van der Waals surface area contributed by atoms with Gasteiger partial charge >= 0.3 is 0 Å². The Balaban J connectivity index is 1.64. The first-order chi connectivity index (χ1) is 10.8. The van der Waals surface area contributed by atoms with Crippen LogP contribution < -0.4 is 5.32 Å². The molecular weight excluding hydrogens is 280 g/mol. The first-order valence-electron chi connectivity index (χ1n) is 7.54. The van der Waals surface area contributed by atoms with E-state index >= 15 is 0 Å². The lowest BCUT2D eigenvalue weighted by Gasteiger charge is -2.30. The Morgan fingerprint density at radius 2 is 2.00 bits per heavy atom. The van der Waals surface area contributed by atoms with Crippen LogP contribution in [0.15, 0.2) is 30.3 Å². The third-order valence-electron chi connectivity index (χ3n) is 4.10. The van der Waals surface area contributed by atoms with Crippen LogP contribution in [0.2, 0.25) is 0 Å². The lowest BCUT2D eigenvalue weighted by Crippen LogP contribution is -2.39. The summed E-state index contributed by atoms with van der Waals surface area (Å²) in [5, 5.41) is 14.7. The maximum Gasteiger partial charge on any atom is 0.222 e. The van der Waals surface area contributed by atoms with Crippen LogP contribution in [0.4, 0.5) is 0 Å². The van der Waals surface area contributed by atoms with Crippen molar-refractivity contribution in [3.05, 3.63) is 36.2 Å². The first-order valence-corrected chi connectivity index (χ1v) is 7.54. The summed E-state index contributed by atoms with van der Waals surface area (Å²) in [7, 11) is 1.70.